The molecule has 0 aromatic carbocycles. The standard InChI is InChI=1S/C16H20N2O2S2/c1-12-7-9-18(11-13(12)2)22(19,20)16-6-5-15(21-16)14-4-3-8-17-10-14/h3-6,8,10,12-13H,7,9,11H2,1-2H3/t12-,13?/m1/s1. The molecule has 2 aromatic heterocycles. The monoisotopic (exact) mass is 336 g/mol. The number of thiophene rings is 1. The van der Waals surface area contributed by atoms with Crippen molar-refractivity contribution in [3.8, 4) is 10.4 Å². The smallest absolute Gasteiger partial charge is 0.252 e. The normalized spacial score (nSPS) is 23.5. The summed E-state index contributed by atoms with van der Waals surface area (Å²) in [5, 5.41) is 0. The number of hydrogen-bond acceptors (Lipinski definition) is 4. The van der Waals surface area contributed by atoms with E-state index >= 15 is 0 Å². The van der Waals surface area contributed by atoms with Gasteiger partial charge in [0.25, 0.3) is 10.0 Å². The molecule has 118 valence electrons. The summed E-state index contributed by atoms with van der Waals surface area (Å²) in [5.41, 5.74) is 0.953. The van der Waals surface area contributed by atoms with Gasteiger partial charge in [0.15, 0.2) is 0 Å². The Morgan fingerprint density at radius 1 is 1.23 bits per heavy atom. The molecule has 3 rings (SSSR count). The van der Waals surface area contributed by atoms with Crippen molar-refractivity contribution in [3.05, 3.63) is 36.7 Å². The van der Waals surface area contributed by atoms with Crippen molar-refractivity contribution in [1.82, 2.24) is 9.29 Å². The van der Waals surface area contributed by atoms with Gasteiger partial charge in [-0.1, -0.05) is 19.9 Å². The fourth-order valence-electron chi connectivity index (χ4n) is 2.69. The SMILES string of the molecule is CC1CN(S(=O)(=O)c2ccc(-c3cccnc3)s2)CC[C@H]1C. The molecule has 1 unspecified atom stereocenters. The number of nitrogens with zero attached hydrogens (tertiary/aromatic N) is 2. The van der Waals surface area contributed by atoms with Gasteiger partial charge < -0.3 is 0 Å². The quantitative estimate of drug-likeness (QED) is 0.862. The van der Waals surface area contributed by atoms with E-state index in [1.165, 1.54) is 11.3 Å². The first-order valence-electron chi connectivity index (χ1n) is 7.49. The van der Waals surface area contributed by atoms with E-state index in [1.54, 1.807) is 22.8 Å². The fourth-order valence-corrected chi connectivity index (χ4v) is 5.70. The van der Waals surface area contributed by atoms with Gasteiger partial charge >= 0.3 is 0 Å². The third-order valence-electron chi connectivity index (χ3n) is 4.42. The lowest BCUT2D eigenvalue weighted by molar-refractivity contribution is 0.213. The van der Waals surface area contributed by atoms with E-state index in [4.69, 9.17) is 0 Å². The molecule has 6 heteroatoms. The van der Waals surface area contributed by atoms with Crippen LogP contribution in [0.2, 0.25) is 0 Å². The van der Waals surface area contributed by atoms with Crippen LogP contribution in [-0.2, 0) is 10.0 Å². The first kappa shape index (κ1) is 15.6. The van der Waals surface area contributed by atoms with Crippen LogP contribution in [0.3, 0.4) is 0 Å². The van der Waals surface area contributed by atoms with E-state index in [1.807, 2.05) is 18.2 Å². The summed E-state index contributed by atoms with van der Waals surface area (Å²) in [5.74, 6) is 0.988. The number of rotatable bonds is 3. The Morgan fingerprint density at radius 3 is 2.73 bits per heavy atom. The molecule has 3 heterocycles. The van der Waals surface area contributed by atoms with Gasteiger partial charge in [-0.25, -0.2) is 8.42 Å². The summed E-state index contributed by atoms with van der Waals surface area (Å²) in [4.78, 5) is 5.02. The Hall–Kier alpha value is -1.24. The molecule has 4 nitrogen and oxygen atoms in total. The Balaban J connectivity index is 1.86. The third-order valence-corrected chi connectivity index (χ3v) is 7.89. The van der Waals surface area contributed by atoms with Gasteiger partial charge in [0, 0.05) is 35.9 Å². The molecule has 1 aliphatic rings. The van der Waals surface area contributed by atoms with Crippen LogP contribution in [0, 0.1) is 11.8 Å². The zero-order valence-electron chi connectivity index (χ0n) is 12.8. The minimum atomic E-state index is -3.37. The highest BCUT2D eigenvalue weighted by molar-refractivity contribution is 7.91. The molecule has 2 aromatic rings. The number of sulfonamides is 1. The van der Waals surface area contributed by atoms with E-state index in [0.717, 1.165) is 16.9 Å². The molecule has 0 radical (unpaired) electrons. The van der Waals surface area contributed by atoms with E-state index in [-0.39, 0.29) is 0 Å². The lowest BCUT2D eigenvalue weighted by Gasteiger charge is -2.34. The average molecular weight is 336 g/mol. The molecule has 22 heavy (non-hydrogen) atoms. The second-order valence-corrected chi connectivity index (χ2v) is 9.22. The summed E-state index contributed by atoms with van der Waals surface area (Å²) in [6.45, 7) is 5.56. The highest BCUT2D eigenvalue weighted by Gasteiger charge is 2.32. The minimum absolute atomic E-state index is 0.404. The highest BCUT2D eigenvalue weighted by Crippen LogP contribution is 2.34. The summed E-state index contributed by atoms with van der Waals surface area (Å²) in [6.07, 6.45) is 4.40. The zero-order valence-corrected chi connectivity index (χ0v) is 14.4. The topological polar surface area (TPSA) is 50.3 Å². The number of pyridine rings is 1. The van der Waals surface area contributed by atoms with Gasteiger partial charge in [-0.15, -0.1) is 11.3 Å². The van der Waals surface area contributed by atoms with Crippen molar-refractivity contribution >= 4 is 21.4 Å². The van der Waals surface area contributed by atoms with Crippen LogP contribution in [0.15, 0.2) is 40.9 Å². The van der Waals surface area contributed by atoms with Crippen LogP contribution in [0.4, 0.5) is 0 Å². The predicted octanol–water partition coefficient (Wildman–Crippen LogP) is 3.48. The predicted molar refractivity (Wildman–Crippen MR) is 89.3 cm³/mol. The molecule has 0 N–H and O–H groups in total. The van der Waals surface area contributed by atoms with Gasteiger partial charge in [0.05, 0.1) is 0 Å². The molecular formula is C16H20N2O2S2. The van der Waals surface area contributed by atoms with Crippen molar-refractivity contribution in [2.24, 2.45) is 11.8 Å². The maximum absolute atomic E-state index is 12.8. The maximum atomic E-state index is 12.8. The van der Waals surface area contributed by atoms with Crippen molar-refractivity contribution in [1.29, 1.82) is 0 Å². The number of piperidine rings is 1. The summed E-state index contributed by atoms with van der Waals surface area (Å²) >= 11 is 1.32. The lowest BCUT2D eigenvalue weighted by atomic mass is 9.90. The summed E-state index contributed by atoms with van der Waals surface area (Å²) < 4.78 is 27.7. The van der Waals surface area contributed by atoms with Crippen LogP contribution >= 0.6 is 11.3 Å². The molecule has 0 saturated carbocycles. The van der Waals surface area contributed by atoms with E-state index in [9.17, 15) is 8.42 Å². The van der Waals surface area contributed by atoms with Crippen molar-refractivity contribution < 1.29 is 8.42 Å². The van der Waals surface area contributed by atoms with Gasteiger partial charge in [0.2, 0.25) is 0 Å². The van der Waals surface area contributed by atoms with Crippen molar-refractivity contribution in [2.45, 2.75) is 24.5 Å². The Labute approximate surface area is 135 Å². The largest absolute Gasteiger partial charge is 0.264 e. The second-order valence-electron chi connectivity index (χ2n) is 5.97. The summed E-state index contributed by atoms with van der Waals surface area (Å²) in [7, 11) is -3.37. The van der Waals surface area contributed by atoms with E-state index in [2.05, 4.69) is 18.8 Å². The van der Waals surface area contributed by atoms with E-state index in [0.29, 0.717) is 29.1 Å². The van der Waals surface area contributed by atoms with Crippen LogP contribution in [0.1, 0.15) is 20.3 Å². The molecule has 1 aliphatic heterocycles. The maximum Gasteiger partial charge on any atom is 0.252 e. The van der Waals surface area contributed by atoms with Gasteiger partial charge in [0.1, 0.15) is 4.21 Å². The fraction of sp³-hybridized carbons (Fsp3) is 0.438. The molecule has 1 fully saturated rings. The molecule has 2 atom stereocenters. The molecule has 0 bridgehead atoms. The number of aromatic nitrogens is 1. The summed E-state index contributed by atoms with van der Waals surface area (Å²) in [6, 6.07) is 7.38. The molecule has 1 saturated heterocycles. The third kappa shape index (κ3) is 2.95. The number of hydrogen-bond donors (Lipinski definition) is 0. The molecule has 0 aliphatic carbocycles. The van der Waals surface area contributed by atoms with Gasteiger partial charge in [-0.3, -0.25) is 4.98 Å². The molecular weight excluding hydrogens is 316 g/mol. The van der Waals surface area contributed by atoms with Crippen LogP contribution in [-0.4, -0.2) is 30.8 Å². The van der Waals surface area contributed by atoms with Crippen LogP contribution < -0.4 is 0 Å². The van der Waals surface area contributed by atoms with Crippen LogP contribution in [0.5, 0.6) is 0 Å². The molecule has 0 spiro atoms. The Kier molecular flexibility index (Phi) is 4.34. The zero-order chi connectivity index (χ0) is 15.7. The van der Waals surface area contributed by atoms with Gasteiger partial charge in [-0.05, 0) is 36.5 Å². The minimum Gasteiger partial charge on any atom is -0.264 e. The highest BCUT2D eigenvalue weighted by atomic mass is 32.2. The van der Waals surface area contributed by atoms with Crippen molar-refractivity contribution in [2.75, 3.05) is 13.1 Å². The van der Waals surface area contributed by atoms with Gasteiger partial charge in [-0.2, -0.15) is 4.31 Å². The van der Waals surface area contributed by atoms with E-state index < -0.39 is 10.0 Å². The average Bonchev–Trinajstić information content (AvgIpc) is 3.01. The Morgan fingerprint density at radius 2 is 2.05 bits per heavy atom. The van der Waals surface area contributed by atoms with Crippen LogP contribution in [0.25, 0.3) is 10.4 Å². The lowest BCUT2D eigenvalue weighted by Crippen LogP contribution is -2.41. The Bertz CT molecular complexity index is 741. The first-order valence-corrected chi connectivity index (χ1v) is 9.74. The molecule has 0 amide bonds. The second kappa shape index (κ2) is 6.10. The van der Waals surface area contributed by atoms with Crippen molar-refractivity contribution in [3.63, 3.8) is 0 Å². The first-order chi connectivity index (χ1) is 10.5.